The number of nitrogens with zero attached hydrogens (tertiary/aromatic N) is 1. The summed E-state index contributed by atoms with van der Waals surface area (Å²) < 4.78 is 1.46. The molecule has 5 heteroatoms. The predicted molar refractivity (Wildman–Crippen MR) is 146 cm³/mol. The third-order valence-electron chi connectivity index (χ3n) is 5.62. The molecule has 0 bridgehead atoms. The molecule has 0 spiro atoms. The molecule has 0 saturated carbocycles. The molecule has 0 atom stereocenters. The van der Waals surface area contributed by atoms with Gasteiger partial charge in [-0.25, -0.2) is 0 Å². The zero-order valence-electron chi connectivity index (χ0n) is 17.8. The summed E-state index contributed by atoms with van der Waals surface area (Å²) >= 11 is 13.3. The average molecular weight is 497 g/mol. The van der Waals surface area contributed by atoms with Gasteiger partial charge >= 0.3 is 0 Å². The number of hydrogen-bond donors (Lipinski definition) is 0. The van der Waals surface area contributed by atoms with Crippen LogP contribution in [0.15, 0.2) is 121 Å². The van der Waals surface area contributed by atoms with E-state index in [1.165, 1.54) is 24.9 Å². The Morgan fingerprint density at radius 3 is 1.31 bits per heavy atom. The van der Waals surface area contributed by atoms with Crippen LogP contribution in [0.5, 0.6) is 0 Å². The van der Waals surface area contributed by atoms with Crippen LogP contribution < -0.4 is 21.2 Å². The molecule has 162 valence electrons. The zero-order valence-corrected chi connectivity index (χ0v) is 21.1. The molecule has 0 aliphatic heterocycles. The summed E-state index contributed by atoms with van der Waals surface area (Å²) in [5, 5.41) is 5.23. The first-order valence-electron chi connectivity index (χ1n) is 10.7. The molecule has 0 unspecified atom stereocenters. The van der Waals surface area contributed by atoms with E-state index in [2.05, 4.69) is 109 Å². The summed E-state index contributed by atoms with van der Waals surface area (Å²) in [6.45, 7) is 0. The van der Waals surface area contributed by atoms with E-state index in [1.807, 2.05) is 12.1 Å². The smallest absolute Gasteiger partial charge is 0.0622 e. The van der Waals surface area contributed by atoms with Gasteiger partial charge in [0.25, 0.3) is 0 Å². The Bertz CT molecular complexity index is 999. The Kier molecular flexibility index (Phi) is 8.37. The van der Waals surface area contributed by atoms with Crippen molar-refractivity contribution < 1.29 is 0 Å². The first kappa shape index (κ1) is 23.4. The van der Waals surface area contributed by atoms with Crippen molar-refractivity contribution in [3.8, 4) is 0 Å². The summed E-state index contributed by atoms with van der Waals surface area (Å²) in [6.07, 6.45) is 3.04. The second kappa shape index (κ2) is 11.4. The highest BCUT2D eigenvalue weighted by Crippen LogP contribution is 2.62. The zero-order chi connectivity index (χ0) is 22.2. The van der Waals surface area contributed by atoms with E-state index in [-0.39, 0.29) is 0 Å². The van der Waals surface area contributed by atoms with Gasteiger partial charge in [0.2, 0.25) is 0 Å². The topological polar surface area (TPSA) is 3.24 Å². The molecule has 32 heavy (non-hydrogen) atoms. The summed E-state index contributed by atoms with van der Waals surface area (Å²) in [4.78, 5) is 0. The first-order valence-corrected chi connectivity index (χ1v) is 14.8. The van der Waals surface area contributed by atoms with Crippen LogP contribution in [0.4, 0.5) is 0 Å². The van der Waals surface area contributed by atoms with Gasteiger partial charge in [-0.05, 0) is 55.4 Å². The van der Waals surface area contributed by atoms with Crippen LogP contribution in [0.2, 0.25) is 0 Å². The predicted octanol–water partition coefficient (Wildman–Crippen LogP) is 6.70. The van der Waals surface area contributed by atoms with E-state index >= 15 is 0 Å². The molecule has 4 aromatic carbocycles. The van der Waals surface area contributed by atoms with Gasteiger partial charge in [-0.1, -0.05) is 97.1 Å². The van der Waals surface area contributed by atoms with E-state index in [0.29, 0.717) is 0 Å². The van der Waals surface area contributed by atoms with Crippen LogP contribution in [0.25, 0.3) is 0 Å². The second-order valence-electron chi connectivity index (χ2n) is 7.56. The molecular weight excluding hydrogens is 471 g/mol. The number of benzene rings is 4. The number of halogens is 2. The minimum atomic E-state index is -2.14. The molecule has 0 saturated heterocycles. The van der Waals surface area contributed by atoms with Crippen molar-refractivity contribution >= 4 is 60.1 Å². The normalized spacial score (nSPS) is 11.8. The van der Waals surface area contributed by atoms with Gasteiger partial charge in [-0.15, -0.1) is 0 Å². The molecule has 0 radical (unpaired) electrons. The van der Waals surface area contributed by atoms with Crippen molar-refractivity contribution in [1.29, 1.82) is 0 Å². The van der Waals surface area contributed by atoms with Gasteiger partial charge in [0.1, 0.15) is 10.6 Å². The molecule has 0 aliphatic carbocycles. The van der Waals surface area contributed by atoms with Crippen molar-refractivity contribution in [1.82, 2.24) is 3.71 Å². The average Bonchev–Trinajstić information content (AvgIpc) is 2.86. The van der Waals surface area contributed by atoms with Crippen molar-refractivity contribution in [2.24, 2.45) is 0 Å². The minimum absolute atomic E-state index is 0.448. The molecule has 0 fully saturated rings. The SMILES string of the molecule is ClN(Cl)[P+](CCCP(c1ccccc1)c1ccccc1)(c1ccccc1)c1ccccc1. The lowest BCUT2D eigenvalue weighted by molar-refractivity contribution is 1.05. The van der Waals surface area contributed by atoms with E-state index < -0.39 is 15.3 Å². The number of rotatable bonds is 9. The van der Waals surface area contributed by atoms with Gasteiger partial charge in [-0.3, -0.25) is 0 Å². The minimum Gasteiger partial charge on any atom is -0.0622 e. The maximum absolute atomic E-state index is 6.67. The van der Waals surface area contributed by atoms with Crippen LogP contribution in [0.3, 0.4) is 0 Å². The van der Waals surface area contributed by atoms with Gasteiger partial charge in [0, 0.05) is 27.3 Å². The molecule has 0 aliphatic rings. The lowest BCUT2D eigenvalue weighted by atomic mass is 10.4. The third kappa shape index (κ3) is 5.26. The molecular formula is C27H26Cl2NP2+. The largest absolute Gasteiger partial charge is 0.184 e. The molecule has 4 aromatic rings. The van der Waals surface area contributed by atoms with E-state index in [9.17, 15) is 0 Å². The summed E-state index contributed by atoms with van der Waals surface area (Å²) in [7, 11) is -2.59. The van der Waals surface area contributed by atoms with Crippen LogP contribution in [-0.4, -0.2) is 16.0 Å². The van der Waals surface area contributed by atoms with Crippen LogP contribution in [0.1, 0.15) is 6.42 Å². The Balaban J connectivity index is 1.66. The van der Waals surface area contributed by atoms with Crippen LogP contribution in [0, 0.1) is 0 Å². The fraction of sp³-hybridized carbons (Fsp3) is 0.111. The maximum atomic E-state index is 6.67. The van der Waals surface area contributed by atoms with Crippen molar-refractivity contribution in [2.45, 2.75) is 6.42 Å². The summed E-state index contributed by atoms with van der Waals surface area (Å²) in [5.74, 6) is 0. The van der Waals surface area contributed by atoms with E-state index in [0.717, 1.165) is 18.7 Å². The Labute approximate surface area is 203 Å². The van der Waals surface area contributed by atoms with Gasteiger partial charge < -0.3 is 0 Å². The van der Waals surface area contributed by atoms with Crippen molar-refractivity contribution in [2.75, 3.05) is 12.3 Å². The number of hydrogen-bond acceptors (Lipinski definition) is 1. The van der Waals surface area contributed by atoms with E-state index in [4.69, 9.17) is 23.6 Å². The quantitative estimate of drug-likeness (QED) is 0.184. The Morgan fingerprint density at radius 1 is 0.562 bits per heavy atom. The van der Waals surface area contributed by atoms with Crippen molar-refractivity contribution in [3.05, 3.63) is 121 Å². The van der Waals surface area contributed by atoms with Crippen molar-refractivity contribution in [3.63, 3.8) is 0 Å². The molecule has 0 amide bonds. The van der Waals surface area contributed by atoms with Crippen LogP contribution in [-0.2, 0) is 0 Å². The molecule has 0 aromatic heterocycles. The molecule has 4 rings (SSSR count). The fourth-order valence-electron chi connectivity index (χ4n) is 4.09. The summed E-state index contributed by atoms with van der Waals surface area (Å²) in [6, 6.07) is 42.8. The lowest BCUT2D eigenvalue weighted by Gasteiger charge is -2.29. The molecule has 1 nitrogen and oxygen atoms in total. The summed E-state index contributed by atoms with van der Waals surface area (Å²) in [5.41, 5.74) is 0. The lowest BCUT2D eigenvalue weighted by Crippen LogP contribution is -2.31. The van der Waals surface area contributed by atoms with Crippen LogP contribution >= 0.6 is 38.9 Å². The van der Waals surface area contributed by atoms with Gasteiger partial charge in [0.15, 0.2) is 7.41 Å². The van der Waals surface area contributed by atoms with E-state index in [1.54, 1.807) is 0 Å². The fourth-order valence-corrected chi connectivity index (χ4v) is 11.5. The highest BCUT2D eigenvalue weighted by Gasteiger charge is 2.48. The maximum Gasteiger partial charge on any atom is 0.184 e. The second-order valence-corrected chi connectivity index (χ2v) is 14.6. The Hall–Kier alpha value is -1.72. The first-order chi connectivity index (χ1) is 15.7. The molecule has 0 N–H and O–H groups in total. The van der Waals surface area contributed by atoms with Gasteiger partial charge in [0.05, 0.1) is 6.16 Å². The highest BCUT2D eigenvalue weighted by molar-refractivity contribution is 7.89. The highest BCUT2D eigenvalue weighted by atomic mass is 35.5. The standard InChI is InChI=1S/C27H26Cl2NP2/c28-30(29)32(26-18-9-3-10-19-26,27-20-11-4-12-21-27)23-13-22-31(24-14-5-1-6-15-24)25-16-7-2-8-17-25/h1-12,14-21H,13,22-23H2/q+1. The monoisotopic (exact) mass is 496 g/mol. The molecule has 0 heterocycles. The Morgan fingerprint density at radius 2 is 0.938 bits per heavy atom. The third-order valence-corrected chi connectivity index (χ3v) is 13.6. The van der Waals surface area contributed by atoms with Gasteiger partial charge in [-0.2, -0.15) is 0 Å².